The molecule has 0 spiro atoms. The van der Waals surface area contributed by atoms with E-state index in [9.17, 15) is 9.90 Å². The van der Waals surface area contributed by atoms with Gasteiger partial charge in [-0.1, -0.05) is 30.3 Å². The van der Waals surface area contributed by atoms with Gasteiger partial charge in [0.15, 0.2) is 0 Å². The van der Waals surface area contributed by atoms with Crippen LogP contribution in [-0.2, 0) is 6.42 Å². The quantitative estimate of drug-likeness (QED) is 0.761. The molecule has 0 aliphatic heterocycles. The Morgan fingerprint density at radius 3 is 2.57 bits per heavy atom. The number of carbonyl (C=O) groups is 1. The van der Waals surface area contributed by atoms with Crippen LogP contribution in [0.1, 0.15) is 5.56 Å². The molecule has 0 bridgehead atoms. The SMILES string of the molecule is CN(C)c1ccc(NC(=O)NCC(O)Cc2ccccc2)cn1. The zero-order chi connectivity index (χ0) is 16.7. The van der Waals surface area contributed by atoms with Crippen LogP contribution in [0.3, 0.4) is 0 Å². The molecule has 1 aromatic carbocycles. The first-order chi connectivity index (χ1) is 11.0. The first-order valence-electron chi connectivity index (χ1n) is 7.45. The number of aliphatic hydroxyl groups is 1. The van der Waals surface area contributed by atoms with Crippen LogP contribution in [0.2, 0.25) is 0 Å². The van der Waals surface area contributed by atoms with E-state index in [2.05, 4.69) is 15.6 Å². The second-order valence-corrected chi connectivity index (χ2v) is 5.48. The third-order valence-corrected chi connectivity index (χ3v) is 3.28. The molecular formula is C17H22N4O2. The van der Waals surface area contributed by atoms with E-state index >= 15 is 0 Å². The molecular weight excluding hydrogens is 292 g/mol. The fourth-order valence-corrected chi connectivity index (χ4v) is 2.07. The van der Waals surface area contributed by atoms with Gasteiger partial charge in [-0.2, -0.15) is 0 Å². The van der Waals surface area contributed by atoms with Crippen molar-refractivity contribution in [2.75, 3.05) is 30.9 Å². The normalized spacial score (nSPS) is 11.6. The number of anilines is 2. The van der Waals surface area contributed by atoms with E-state index in [-0.39, 0.29) is 12.6 Å². The number of hydrogen-bond acceptors (Lipinski definition) is 4. The molecule has 0 fully saturated rings. The predicted octanol–water partition coefficient (Wildman–Crippen LogP) is 1.87. The van der Waals surface area contributed by atoms with E-state index in [4.69, 9.17) is 0 Å². The highest BCUT2D eigenvalue weighted by molar-refractivity contribution is 5.89. The number of aliphatic hydroxyl groups excluding tert-OH is 1. The summed E-state index contributed by atoms with van der Waals surface area (Å²) in [5.41, 5.74) is 1.64. The largest absolute Gasteiger partial charge is 0.391 e. The highest BCUT2D eigenvalue weighted by Crippen LogP contribution is 2.11. The maximum absolute atomic E-state index is 11.8. The van der Waals surface area contributed by atoms with Gasteiger partial charge in [0.25, 0.3) is 0 Å². The number of aromatic nitrogens is 1. The Labute approximate surface area is 136 Å². The first kappa shape index (κ1) is 16.8. The number of urea groups is 1. The molecule has 1 aromatic heterocycles. The van der Waals surface area contributed by atoms with Crippen molar-refractivity contribution in [3.8, 4) is 0 Å². The molecule has 122 valence electrons. The van der Waals surface area contributed by atoms with Gasteiger partial charge in [0.2, 0.25) is 0 Å². The maximum Gasteiger partial charge on any atom is 0.319 e. The van der Waals surface area contributed by atoms with Crippen LogP contribution in [0.25, 0.3) is 0 Å². The van der Waals surface area contributed by atoms with Crippen molar-refractivity contribution in [3.63, 3.8) is 0 Å². The van der Waals surface area contributed by atoms with Crippen LogP contribution in [0.15, 0.2) is 48.7 Å². The molecule has 0 saturated heterocycles. The Bertz CT molecular complexity index is 614. The van der Waals surface area contributed by atoms with Crippen LogP contribution in [0.4, 0.5) is 16.3 Å². The fourth-order valence-electron chi connectivity index (χ4n) is 2.07. The Balaban J connectivity index is 1.76. The lowest BCUT2D eigenvalue weighted by atomic mass is 10.1. The number of carbonyl (C=O) groups excluding carboxylic acids is 1. The highest BCUT2D eigenvalue weighted by Gasteiger charge is 2.08. The monoisotopic (exact) mass is 314 g/mol. The summed E-state index contributed by atoms with van der Waals surface area (Å²) in [6.07, 6.45) is 1.47. The van der Waals surface area contributed by atoms with Crippen molar-refractivity contribution >= 4 is 17.5 Å². The molecule has 2 rings (SSSR count). The predicted molar refractivity (Wildman–Crippen MR) is 91.7 cm³/mol. The topological polar surface area (TPSA) is 77.5 Å². The lowest BCUT2D eigenvalue weighted by Crippen LogP contribution is -2.36. The van der Waals surface area contributed by atoms with E-state index in [1.807, 2.05) is 55.4 Å². The van der Waals surface area contributed by atoms with E-state index in [1.54, 1.807) is 12.3 Å². The van der Waals surface area contributed by atoms with Gasteiger partial charge < -0.3 is 20.6 Å². The van der Waals surface area contributed by atoms with Gasteiger partial charge in [-0.05, 0) is 17.7 Å². The van der Waals surface area contributed by atoms with Crippen molar-refractivity contribution in [3.05, 3.63) is 54.2 Å². The number of benzene rings is 1. The van der Waals surface area contributed by atoms with Gasteiger partial charge in [-0.3, -0.25) is 0 Å². The Hall–Kier alpha value is -2.60. The van der Waals surface area contributed by atoms with E-state index in [1.165, 1.54) is 0 Å². The Morgan fingerprint density at radius 1 is 1.22 bits per heavy atom. The van der Waals surface area contributed by atoms with Crippen LogP contribution < -0.4 is 15.5 Å². The van der Waals surface area contributed by atoms with Gasteiger partial charge in [-0.25, -0.2) is 9.78 Å². The molecule has 2 aromatic rings. The van der Waals surface area contributed by atoms with E-state index in [0.717, 1.165) is 11.4 Å². The van der Waals surface area contributed by atoms with E-state index in [0.29, 0.717) is 12.1 Å². The summed E-state index contributed by atoms with van der Waals surface area (Å²) < 4.78 is 0. The highest BCUT2D eigenvalue weighted by atomic mass is 16.3. The molecule has 6 nitrogen and oxygen atoms in total. The first-order valence-corrected chi connectivity index (χ1v) is 7.45. The summed E-state index contributed by atoms with van der Waals surface area (Å²) in [4.78, 5) is 17.9. The van der Waals surface area contributed by atoms with Crippen molar-refractivity contribution in [2.24, 2.45) is 0 Å². The fraction of sp³-hybridized carbons (Fsp3) is 0.294. The zero-order valence-electron chi connectivity index (χ0n) is 13.4. The minimum absolute atomic E-state index is 0.184. The second-order valence-electron chi connectivity index (χ2n) is 5.48. The molecule has 0 aliphatic carbocycles. The molecule has 1 unspecified atom stereocenters. The summed E-state index contributed by atoms with van der Waals surface area (Å²) in [5.74, 6) is 0.814. The van der Waals surface area contributed by atoms with Gasteiger partial charge in [0, 0.05) is 27.1 Å². The van der Waals surface area contributed by atoms with Crippen molar-refractivity contribution in [1.82, 2.24) is 10.3 Å². The van der Waals surface area contributed by atoms with Crippen molar-refractivity contribution in [2.45, 2.75) is 12.5 Å². The average molecular weight is 314 g/mol. The number of rotatable bonds is 6. The van der Waals surface area contributed by atoms with Crippen LogP contribution in [0, 0.1) is 0 Å². The third kappa shape index (κ3) is 5.60. The smallest absolute Gasteiger partial charge is 0.319 e. The number of amides is 2. The number of hydrogen-bond donors (Lipinski definition) is 3. The number of pyridine rings is 1. The Kier molecular flexibility index (Phi) is 5.94. The third-order valence-electron chi connectivity index (χ3n) is 3.28. The molecule has 1 atom stereocenters. The summed E-state index contributed by atoms with van der Waals surface area (Å²) >= 11 is 0. The van der Waals surface area contributed by atoms with Gasteiger partial charge >= 0.3 is 6.03 Å². The molecule has 0 saturated carbocycles. The molecule has 1 heterocycles. The van der Waals surface area contributed by atoms with Gasteiger partial charge in [0.05, 0.1) is 18.0 Å². The maximum atomic E-state index is 11.8. The molecule has 0 radical (unpaired) electrons. The lowest BCUT2D eigenvalue weighted by Gasteiger charge is -2.14. The van der Waals surface area contributed by atoms with Crippen LogP contribution in [0.5, 0.6) is 0 Å². The Morgan fingerprint density at radius 2 is 1.96 bits per heavy atom. The molecule has 0 aliphatic rings. The number of nitrogens with zero attached hydrogens (tertiary/aromatic N) is 2. The molecule has 3 N–H and O–H groups in total. The standard InChI is InChI=1S/C17H22N4O2/c1-21(2)16-9-8-14(11-18-16)20-17(23)19-12-15(22)10-13-6-4-3-5-7-13/h3-9,11,15,22H,10,12H2,1-2H3,(H2,19,20,23). The van der Waals surface area contributed by atoms with Crippen LogP contribution >= 0.6 is 0 Å². The average Bonchev–Trinajstić information content (AvgIpc) is 2.54. The van der Waals surface area contributed by atoms with Gasteiger partial charge in [-0.15, -0.1) is 0 Å². The van der Waals surface area contributed by atoms with Crippen molar-refractivity contribution in [1.29, 1.82) is 0 Å². The summed E-state index contributed by atoms with van der Waals surface area (Å²) in [5, 5.41) is 15.3. The zero-order valence-corrected chi connectivity index (χ0v) is 13.4. The molecule has 23 heavy (non-hydrogen) atoms. The minimum Gasteiger partial charge on any atom is -0.391 e. The molecule has 6 heteroatoms. The van der Waals surface area contributed by atoms with Crippen LogP contribution in [-0.4, -0.2) is 42.9 Å². The summed E-state index contributed by atoms with van der Waals surface area (Å²) in [7, 11) is 3.80. The summed E-state index contributed by atoms with van der Waals surface area (Å²) in [6, 6.07) is 12.9. The van der Waals surface area contributed by atoms with Crippen molar-refractivity contribution < 1.29 is 9.90 Å². The van der Waals surface area contributed by atoms with E-state index < -0.39 is 6.10 Å². The lowest BCUT2D eigenvalue weighted by molar-refractivity contribution is 0.172. The minimum atomic E-state index is -0.627. The van der Waals surface area contributed by atoms with Gasteiger partial charge in [0.1, 0.15) is 5.82 Å². The number of nitrogens with one attached hydrogen (secondary N) is 2. The summed E-state index contributed by atoms with van der Waals surface area (Å²) in [6.45, 7) is 0.184. The molecule has 2 amide bonds. The second kappa shape index (κ2) is 8.14.